The lowest BCUT2D eigenvalue weighted by atomic mass is 9.79. The van der Waals surface area contributed by atoms with Gasteiger partial charge in [-0.2, -0.15) is 0 Å². The first-order valence-electron chi connectivity index (χ1n) is 15.8. The third kappa shape index (κ3) is 3.10. The molecule has 10 rings (SSSR count). The Morgan fingerprint density at radius 3 is 2.28 bits per heavy atom. The zero-order chi connectivity index (χ0) is 28.5. The summed E-state index contributed by atoms with van der Waals surface area (Å²) < 4.78 is 2.39. The van der Waals surface area contributed by atoms with Crippen molar-refractivity contribution >= 4 is 27.4 Å². The van der Waals surface area contributed by atoms with Crippen molar-refractivity contribution in [2.24, 2.45) is 23.7 Å². The number of hydrogen-bond donors (Lipinski definition) is 0. The van der Waals surface area contributed by atoms with Gasteiger partial charge in [-0.1, -0.05) is 105 Å². The highest BCUT2D eigenvalue weighted by Crippen LogP contribution is 2.76. The van der Waals surface area contributed by atoms with E-state index >= 15 is 0 Å². The predicted molar refractivity (Wildman–Crippen MR) is 175 cm³/mol. The van der Waals surface area contributed by atoms with E-state index in [0.29, 0.717) is 17.8 Å². The maximum atomic E-state index is 5.48. The number of hydrogen-bond acceptors (Lipinski definition) is 2. The fourth-order valence-corrected chi connectivity index (χ4v) is 9.22. The van der Waals surface area contributed by atoms with E-state index in [1.54, 1.807) is 0 Å². The summed E-state index contributed by atoms with van der Waals surface area (Å²) in [6, 6.07) is 26.6. The minimum atomic E-state index is -0.00669. The monoisotopic (exact) mass is 555 g/mol. The topological polar surface area (TPSA) is 30.7 Å². The van der Waals surface area contributed by atoms with Crippen LogP contribution in [0.5, 0.6) is 0 Å². The van der Waals surface area contributed by atoms with Crippen molar-refractivity contribution in [1.29, 1.82) is 0 Å². The number of para-hydroxylation sites is 2. The maximum absolute atomic E-state index is 5.48. The minimum Gasteiger partial charge on any atom is -0.309 e. The van der Waals surface area contributed by atoms with Crippen LogP contribution in [0.2, 0.25) is 0 Å². The molecular formula is C40H33N3. The van der Waals surface area contributed by atoms with E-state index in [0.717, 1.165) is 23.9 Å². The molecule has 5 aliphatic carbocycles. The van der Waals surface area contributed by atoms with Gasteiger partial charge in [-0.25, -0.2) is 9.97 Å². The van der Waals surface area contributed by atoms with E-state index in [-0.39, 0.29) is 10.8 Å². The predicted octanol–water partition coefficient (Wildman–Crippen LogP) is 9.12. The second-order valence-corrected chi connectivity index (χ2v) is 13.9. The van der Waals surface area contributed by atoms with Crippen LogP contribution >= 0.6 is 0 Å². The number of benzene rings is 3. The number of aromatic nitrogens is 3. The van der Waals surface area contributed by atoms with Crippen LogP contribution in [0.1, 0.15) is 43.8 Å². The molecule has 3 heteroatoms. The van der Waals surface area contributed by atoms with Crippen LogP contribution in [-0.2, 0) is 10.8 Å². The highest BCUT2D eigenvalue weighted by Gasteiger charge is 2.75. The van der Waals surface area contributed by atoms with Crippen LogP contribution in [0.15, 0.2) is 115 Å². The number of allylic oxidation sites excluding steroid dienone is 8. The molecule has 0 radical (unpaired) electrons. The molecule has 5 aromatic rings. The molecule has 5 aliphatic rings. The molecule has 2 saturated carbocycles. The highest BCUT2D eigenvalue weighted by molar-refractivity contribution is 6.09. The van der Waals surface area contributed by atoms with Gasteiger partial charge in [-0.15, -0.1) is 0 Å². The maximum Gasteiger partial charge on any atom is 0.159 e. The van der Waals surface area contributed by atoms with Gasteiger partial charge in [0.1, 0.15) is 0 Å². The average molecular weight is 556 g/mol. The van der Waals surface area contributed by atoms with Gasteiger partial charge < -0.3 is 4.57 Å². The van der Waals surface area contributed by atoms with E-state index in [9.17, 15) is 0 Å². The number of nitrogens with zero attached hydrogens (tertiary/aromatic N) is 3. The first-order valence-corrected chi connectivity index (χ1v) is 15.8. The largest absolute Gasteiger partial charge is 0.309 e. The zero-order valence-electron chi connectivity index (χ0n) is 24.5. The van der Waals surface area contributed by atoms with Crippen LogP contribution in [0.4, 0.5) is 0 Å². The van der Waals surface area contributed by atoms with Gasteiger partial charge in [-0.3, -0.25) is 0 Å². The molecule has 3 nitrogen and oxygen atoms in total. The number of fused-ring (bicyclic) bond motifs is 6. The smallest absolute Gasteiger partial charge is 0.159 e. The fraction of sp³-hybridized carbons (Fsp3) is 0.250. The molecule has 0 bridgehead atoms. The van der Waals surface area contributed by atoms with E-state index in [4.69, 9.17) is 9.97 Å². The van der Waals surface area contributed by atoms with Gasteiger partial charge >= 0.3 is 0 Å². The summed E-state index contributed by atoms with van der Waals surface area (Å²) in [6.45, 7) is 4.87. The normalized spacial score (nSPS) is 28.7. The highest BCUT2D eigenvalue weighted by atomic mass is 15.0. The Morgan fingerprint density at radius 1 is 0.791 bits per heavy atom. The van der Waals surface area contributed by atoms with Crippen molar-refractivity contribution in [2.45, 2.75) is 37.5 Å². The molecule has 0 saturated heterocycles. The second kappa shape index (κ2) is 8.11. The van der Waals surface area contributed by atoms with Crippen molar-refractivity contribution in [3.05, 3.63) is 132 Å². The molecule has 0 N–H and O–H groups in total. The Bertz CT molecular complexity index is 2080. The Kier molecular flexibility index (Phi) is 4.52. The molecule has 2 heterocycles. The van der Waals surface area contributed by atoms with Gasteiger partial charge in [0, 0.05) is 38.6 Å². The van der Waals surface area contributed by atoms with Crippen LogP contribution in [0, 0.1) is 23.7 Å². The number of rotatable bonds is 3. The van der Waals surface area contributed by atoms with Crippen molar-refractivity contribution in [3.8, 4) is 16.9 Å². The molecule has 3 aromatic carbocycles. The standard InChI is InChI=1S/C40H33N3/c1-39(2)34-35(24-17-19-28(20-18-24)43-32-13-7-5-10-29(32)30-11-6-8-14-33(30)43)41-38(26-16-15-25-22-27(25)23-26)42-37(34)40-21-9-3-4-12-31(40)36(39)40/h3-20,23,25,27,31,36H,21-22H2,1-2H3. The summed E-state index contributed by atoms with van der Waals surface area (Å²) in [7, 11) is 0. The molecule has 2 fully saturated rings. The third-order valence-electron chi connectivity index (χ3n) is 11.2. The first-order chi connectivity index (χ1) is 21.1. The molecule has 43 heavy (non-hydrogen) atoms. The van der Waals surface area contributed by atoms with Crippen molar-refractivity contribution < 1.29 is 0 Å². The second-order valence-electron chi connectivity index (χ2n) is 13.9. The van der Waals surface area contributed by atoms with Crippen LogP contribution in [0.25, 0.3) is 44.3 Å². The van der Waals surface area contributed by atoms with Gasteiger partial charge in [0.2, 0.25) is 0 Å². The Labute approximate surface area is 252 Å². The summed E-state index contributed by atoms with van der Waals surface area (Å²) in [5.74, 6) is 3.38. The van der Waals surface area contributed by atoms with E-state index in [2.05, 4.69) is 134 Å². The lowest BCUT2D eigenvalue weighted by Gasteiger charge is -2.27. The van der Waals surface area contributed by atoms with E-state index in [1.165, 1.54) is 56.3 Å². The van der Waals surface area contributed by atoms with Crippen molar-refractivity contribution in [3.63, 3.8) is 0 Å². The molecule has 208 valence electrons. The molecule has 5 unspecified atom stereocenters. The summed E-state index contributed by atoms with van der Waals surface area (Å²) in [6.07, 6.45) is 18.7. The molecular weight excluding hydrogens is 522 g/mol. The fourth-order valence-electron chi connectivity index (χ4n) is 9.22. The average Bonchev–Trinajstić information content (AvgIpc) is 3.91. The summed E-state index contributed by atoms with van der Waals surface area (Å²) >= 11 is 0. The molecule has 0 aliphatic heterocycles. The lowest BCUT2D eigenvalue weighted by molar-refractivity contribution is 0.438. The summed E-state index contributed by atoms with van der Waals surface area (Å²) in [5, 5.41) is 2.57. The lowest BCUT2D eigenvalue weighted by Crippen LogP contribution is -2.22. The molecule has 1 spiro atoms. The van der Waals surface area contributed by atoms with E-state index < -0.39 is 0 Å². The zero-order valence-corrected chi connectivity index (χ0v) is 24.5. The quantitative estimate of drug-likeness (QED) is 0.222. The van der Waals surface area contributed by atoms with Gasteiger partial charge in [0.05, 0.1) is 22.4 Å². The third-order valence-corrected chi connectivity index (χ3v) is 11.2. The van der Waals surface area contributed by atoms with Gasteiger partial charge in [0.25, 0.3) is 0 Å². The molecule has 0 amide bonds. The van der Waals surface area contributed by atoms with Crippen molar-refractivity contribution in [1.82, 2.24) is 14.5 Å². The van der Waals surface area contributed by atoms with Crippen LogP contribution in [0.3, 0.4) is 0 Å². The van der Waals surface area contributed by atoms with Crippen LogP contribution in [-0.4, -0.2) is 14.5 Å². The summed E-state index contributed by atoms with van der Waals surface area (Å²) in [5.41, 5.74) is 9.85. The van der Waals surface area contributed by atoms with Crippen LogP contribution < -0.4 is 0 Å². The Hall–Kier alpha value is -4.50. The van der Waals surface area contributed by atoms with Crippen molar-refractivity contribution in [2.75, 3.05) is 0 Å². The molecule has 5 atom stereocenters. The van der Waals surface area contributed by atoms with E-state index in [1.807, 2.05) is 0 Å². The Balaban J connectivity index is 1.17. The first kappa shape index (κ1) is 24.0. The molecule has 2 aromatic heterocycles. The van der Waals surface area contributed by atoms with Gasteiger partial charge in [-0.05, 0) is 66.2 Å². The minimum absolute atomic E-state index is 0.00669. The van der Waals surface area contributed by atoms with Gasteiger partial charge in [0.15, 0.2) is 5.82 Å². The summed E-state index contributed by atoms with van der Waals surface area (Å²) in [4.78, 5) is 10.9. The SMILES string of the molecule is CC1(C)c2c(-c3ccc(-n4c5ccccc5c5ccccc54)cc3)nc(C3=CC4CC4C=C3)nc2C23CC=CC=CC2C13. The Morgan fingerprint density at radius 2 is 1.53 bits per heavy atom.